The number of sulfone groups is 1. The van der Waals surface area contributed by atoms with E-state index in [0.717, 1.165) is 4.47 Å². The van der Waals surface area contributed by atoms with Crippen molar-refractivity contribution in [2.24, 2.45) is 5.92 Å². The maximum absolute atomic E-state index is 11.8. The van der Waals surface area contributed by atoms with E-state index in [1.165, 1.54) is 0 Å². The summed E-state index contributed by atoms with van der Waals surface area (Å²) in [4.78, 5) is 0.389. The monoisotopic (exact) mass is 276 g/mol. The SMILES string of the molecule is CC(C)CS(=O)(=O)c1cccc(Br)c1. The lowest BCUT2D eigenvalue weighted by atomic mass is 10.3. The number of rotatable bonds is 3. The summed E-state index contributed by atoms with van der Waals surface area (Å²) in [6.07, 6.45) is 0. The molecule has 0 saturated heterocycles. The van der Waals surface area contributed by atoms with Gasteiger partial charge in [0.15, 0.2) is 9.84 Å². The van der Waals surface area contributed by atoms with E-state index in [9.17, 15) is 8.42 Å². The minimum absolute atomic E-state index is 0.152. The summed E-state index contributed by atoms with van der Waals surface area (Å²) in [6, 6.07) is 6.81. The van der Waals surface area contributed by atoms with E-state index in [4.69, 9.17) is 0 Å². The minimum atomic E-state index is -3.11. The molecule has 0 atom stereocenters. The fourth-order valence-corrected chi connectivity index (χ4v) is 3.41. The summed E-state index contributed by atoms with van der Waals surface area (Å²) in [6.45, 7) is 3.80. The highest BCUT2D eigenvalue weighted by Gasteiger charge is 2.15. The molecule has 0 aromatic heterocycles. The molecule has 2 nitrogen and oxygen atoms in total. The van der Waals surface area contributed by atoms with Crippen LogP contribution < -0.4 is 0 Å². The van der Waals surface area contributed by atoms with Crippen LogP contribution in [0, 0.1) is 5.92 Å². The van der Waals surface area contributed by atoms with Crippen LogP contribution in [0.1, 0.15) is 13.8 Å². The highest BCUT2D eigenvalue weighted by atomic mass is 79.9. The molecule has 0 amide bonds. The smallest absolute Gasteiger partial charge is 0.178 e. The van der Waals surface area contributed by atoms with Gasteiger partial charge in [-0.1, -0.05) is 35.8 Å². The van der Waals surface area contributed by atoms with E-state index in [1.807, 2.05) is 19.9 Å². The number of hydrogen-bond donors (Lipinski definition) is 0. The van der Waals surface area contributed by atoms with Crippen molar-refractivity contribution in [2.75, 3.05) is 5.75 Å². The van der Waals surface area contributed by atoms with Crippen molar-refractivity contribution >= 4 is 25.8 Å². The maximum atomic E-state index is 11.8. The Labute approximate surface area is 93.4 Å². The van der Waals surface area contributed by atoms with Crippen LogP contribution in [0.2, 0.25) is 0 Å². The zero-order valence-corrected chi connectivity index (χ0v) is 10.6. The van der Waals surface area contributed by atoms with Crippen molar-refractivity contribution in [3.05, 3.63) is 28.7 Å². The standard InChI is InChI=1S/C10H13BrO2S/c1-8(2)7-14(12,13)10-5-3-4-9(11)6-10/h3-6,8H,7H2,1-2H3. The Hall–Kier alpha value is -0.350. The molecule has 0 aliphatic carbocycles. The highest BCUT2D eigenvalue weighted by molar-refractivity contribution is 9.10. The lowest BCUT2D eigenvalue weighted by molar-refractivity contribution is 0.582. The molecule has 0 aliphatic heterocycles. The summed E-state index contributed by atoms with van der Waals surface area (Å²) in [5, 5.41) is 0. The van der Waals surface area contributed by atoms with Crippen LogP contribution in [0.3, 0.4) is 0 Å². The van der Waals surface area contributed by atoms with Crippen molar-refractivity contribution in [3.63, 3.8) is 0 Å². The molecule has 0 aliphatic rings. The van der Waals surface area contributed by atoms with Gasteiger partial charge in [0.1, 0.15) is 0 Å². The molecule has 0 saturated carbocycles. The Morgan fingerprint density at radius 3 is 2.50 bits per heavy atom. The van der Waals surface area contributed by atoms with Gasteiger partial charge in [-0.25, -0.2) is 8.42 Å². The second kappa shape index (κ2) is 4.45. The quantitative estimate of drug-likeness (QED) is 0.851. The van der Waals surface area contributed by atoms with Crippen molar-refractivity contribution in [1.29, 1.82) is 0 Å². The average Bonchev–Trinajstić information content (AvgIpc) is 2.01. The van der Waals surface area contributed by atoms with Gasteiger partial charge in [0.05, 0.1) is 10.6 Å². The summed E-state index contributed by atoms with van der Waals surface area (Å²) < 4.78 is 24.3. The average molecular weight is 277 g/mol. The van der Waals surface area contributed by atoms with Crippen molar-refractivity contribution in [2.45, 2.75) is 18.7 Å². The fraction of sp³-hybridized carbons (Fsp3) is 0.400. The van der Waals surface area contributed by atoms with E-state index >= 15 is 0 Å². The first-order chi connectivity index (χ1) is 6.42. The summed E-state index contributed by atoms with van der Waals surface area (Å²) >= 11 is 3.26. The summed E-state index contributed by atoms with van der Waals surface area (Å²) in [5.41, 5.74) is 0. The Bertz CT molecular complexity index is 410. The molecule has 0 spiro atoms. The molecule has 0 N–H and O–H groups in total. The first kappa shape index (κ1) is 11.7. The Kier molecular flexibility index (Phi) is 3.72. The predicted octanol–water partition coefficient (Wildman–Crippen LogP) is 2.88. The molecular weight excluding hydrogens is 264 g/mol. The molecule has 1 aromatic rings. The van der Waals surface area contributed by atoms with Crippen LogP contribution in [0.5, 0.6) is 0 Å². The number of benzene rings is 1. The van der Waals surface area contributed by atoms with E-state index in [1.54, 1.807) is 18.2 Å². The molecule has 1 rings (SSSR count). The van der Waals surface area contributed by atoms with Gasteiger partial charge in [-0.05, 0) is 24.1 Å². The second-order valence-electron chi connectivity index (χ2n) is 3.63. The van der Waals surface area contributed by atoms with Crippen molar-refractivity contribution in [3.8, 4) is 0 Å². The van der Waals surface area contributed by atoms with Gasteiger partial charge in [0.2, 0.25) is 0 Å². The molecule has 0 radical (unpaired) electrons. The Balaban J connectivity index is 3.05. The van der Waals surface area contributed by atoms with Gasteiger partial charge < -0.3 is 0 Å². The van der Waals surface area contributed by atoms with Gasteiger partial charge in [-0.15, -0.1) is 0 Å². The van der Waals surface area contributed by atoms with Gasteiger partial charge in [0, 0.05) is 4.47 Å². The first-order valence-electron chi connectivity index (χ1n) is 4.40. The first-order valence-corrected chi connectivity index (χ1v) is 6.84. The number of halogens is 1. The topological polar surface area (TPSA) is 34.1 Å². The van der Waals surface area contributed by atoms with Gasteiger partial charge in [-0.3, -0.25) is 0 Å². The highest BCUT2D eigenvalue weighted by Crippen LogP contribution is 2.18. The van der Waals surface area contributed by atoms with Crippen molar-refractivity contribution in [1.82, 2.24) is 0 Å². The molecular formula is C10H13BrO2S. The van der Waals surface area contributed by atoms with E-state index in [0.29, 0.717) is 4.90 Å². The zero-order valence-electron chi connectivity index (χ0n) is 8.20. The van der Waals surface area contributed by atoms with Gasteiger partial charge in [-0.2, -0.15) is 0 Å². The largest absolute Gasteiger partial charge is 0.224 e. The normalized spacial score (nSPS) is 12.0. The molecule has 0 fully saturated rings. The van der Waals surface area contributed by atoms with Crippen LogP contribution in [-0.4, -0.2) is 14.2 Å². The van der Waals surface area contributed by atoms with Crippen LogP contribution in [0.15, 0.2) is 33.6 Å². The second-order valence-corrected chi connectivity index (χ2v) is 6.58. The van der Waals surface area contributed by atoms with Gasteiger partial charge in [0.25, 0.3) is 0 Å². The van der Waals surface area contributed by atoms with Crippen LogP contribution in [0.25, 0.3) is 0 Å². The van der Waals surface area contributed by atoms with Crippen molar-refractivity contribution < 1.29 is 8.42 Å². The fourth-order valence-electron chi connectivity index (χ4n) is 1.20. The third-order valence-electron chi connectivity index (χ3n) is 1.71. The number of hydrogen-bond acceptors (Lipinski definition) is 2. The molecule has 1 aromatic carbocycles. The Morgan fingerprint density at radius 1 is 1.36 bits per heavy atom. The molecule has 78 valence electrons. The zero-order chi connectivity index (χ0) is 10.8. The molecule has 0 unspecified atom stereocenters. The predicted molar refractivity (Wildman–Crippen MR) is 61.0 cm³/mol. The van der Waals surface area contributed by atoms with Crippen LogP contribution in [-0.2, 0) is 9.84 Å². The third-order valence-corrected chi connectivity index (χ3v) is 4.28. The Morgan fingerprint density at radius 2 is 2.00 bits per heavy atom. The lowest BCUT2D eigenvalue weighted by Crippen LogP contribution is -2.11. The lowest BCUT2D eigenvalue weighted by Gasteiger charge is -2.06. The van der Waals surface area contributed by atoms with E-state index in [2.05, 4.69) is 15.9 Å². The minimum Gasteiger partial charge on any atom is -0.224 e. The summed E-state index contributed by atoms with van der Waals surface area (Å²) in [7, 11) is -3.11. The van der Waals surface area contributed by atoms with Gasteiger partial charge >= 0.3 is 0 Å². The molecule has 0 heterocycles. The molecule has 0 bridgehead atoms. The van der Waals surface area contributed by atoms with E-state index in [-0.39, 0.29) is 11.7 Å². The van der Waals surface area contributed by atoms with Crippen LogP contribution in [0.4, 0.5) is 0 Å². The summed E-state index contributed by atoms with van der Waals surface area (Å²) in [5.74, 6) is 0.350. The molecule has 4 heteroatoms. The molecule has 14 heavy (non-hydrogen) atoms. The van der Waals surface area contributed by atoms with E-state index < -0.39 is 9.84 Å². The third kappa shape index (κ3) is 3.10. The van der Waals surface area contributed by atoms with Crippen LogP contribution >= 0.6 is 15.9 Å². The maximum Gasteiger partial charge on any atom is 0.178 e.